The van der Waals surface area contributed by atoms with Crippen molar-refractivity contribution < 1.29 is 4.74 Å². The highest BCUT2D eigenvalue weighted by molar-refractivity contribution is 5.84. The number of hydrogen-bond acceptors (Lipinski definition) is 2. The predicted molar refractivity (Wildman–Crippen MR) is 48.1 cm³/mol. The van der Waals surface area contributed by atoms with Gasteiger partial charge in [0.1, 0.15) is 0 Å². The zero-order chi connectivity index (χ0) is 8.39. The van der Waals surface area contributed by atoms with E-state index in [0.29, 0.717) is 11.8 Å². The minimum atomic E-state index is 0.618. The lowest BCUT2D eigenvalue weighted by Gasteiger charge is -2.03. The van der Waals surface area contributed by atoms with E-state index in [-0.39, 0.29) is 0 Å². The molecule has 68 valence electrons. The maximum atomic E-state index is 5.77. The van der Waals surface area contributed by atoms with Crippen LogP contribution in [-0.4, -0.2) is 25.6 Å². The van der Waals surface area contributed by atoms with Crippen LogP contribution in [0.25, 0.3) is 0 Å². The molecule has 1 unspecified atom stereocenters. The maximum absolute atomic E-state index is 5.77. The van der Waals surface area contributed by atoms with Crippen LogP contribution in [0.2, 0.25) is 0 Å². The summed E-state index contributed by atoms with van der Waals surface area (Å²) in [6, 6.07) is 0. The molecule has 0 radical (unpaired) electrons. The molecule has 12 heavy (non-hydrogen) atoms. The molecule has 0 bridgehead atoms. The highest BCUT2D eigenvalue weighted by atomic mass is 16.5. The lowest BCUT2D eigenvalue weighted by molar-refractivity contribution is 0.187. The third-order valence-electron chi connectivity index (χ3n) is 2.55. The standard InChI is InChI=1S/C9H16N2O/c10-9(8-1-2-8)11-5-7-3-4-12-6-7/h7-8H,1-6H2,(H2,10,11). The van der Waals surface area contributed by atoms with Crippen LogP contribution in [0.1, 0.15) is 19.3 Å². The van der Waals surface area contributed by atoms with Gasteiger partial charge in [0.15, 0.2) is 0 Å². The largest absolute Gasteiger partial charge is 0.387 e. The Morgan fingerprint density at radius 2 is 2.25 bits per heavy atom. The minimum absolute atomic E-state index is 0.618. The monoisotopic (exact) mass is 168 g/mol. The van der Waals surface area contributed by atoms with Crippen LogP contribution < -0.4 is 5.73 Å². The number of amidine groups is 1. The second-order valence-corrected chi connectivity index (χ2v) is 3.77. The Morgan fingerprint density at radius 1 is 1.42 bits per heavy atom. The Labute approximate surface area is 73.0 Å². The van der Waals surface area contributed by atoms with Gasteiger partial charge in [-0.3, -0.25) is 4.99 Å². The number of hydrogen-bond donors (Lipinski definition) is 1. The van der Waals surface area contributed by atoms with Crippen LogP contribution in [0.5, 0.6) is 0 Å². The van der Waals surface area contributed by atoms with Crippen molar-refractivity contribution in [2.75, 3.05) is 19.8 Å². The molecular formula is C9H16N2O. The molecule has 0 spiro atoms. The zero-order valence-corrected chi connectivity index (χ0v) is 7.33. The fourth-order valence-electron chi connectivity index (χ4n) is 1.47. The van der Waals surface area contributed by atoms with Crippen molar-refractivity contribution >= 4 is 5.84 Å². The average molecular weight is 168 g/mol. The van der Waals surface area contributed by atoms with E-state index in [1.54, 1.807) is 0 Å². The van der Waals surface area contributed by atoms with Crippen LogP contribution in [-0.2, 0) is 4.74 Å². The molecule has 3 nitrogen and oxygen atoms in total. The SMILES string of the molecule is NC(=NCC1CCOC1)C1CC1. The van der Waals surface area contributed by atoms with Crippen molar-refractivity contribution in [2.24, 2.45) is 22.6 Å². The van der Waals surface area contributed by atoms with Crippen molar-refractivity contribution in [1.29, 1.82) is 0 Å². The van der Waals surface area contributed by atoms with E-state index in [0.717, 1.165) is 32.0 Å². The molecule has 2 N–H and O–H groups in total. The van der Waals surface area contributed by atoms with Crippen LogP contribution in [0.15, 0.2) is 4.99 Å². The smallest absolute Gasteiger partial charge is 0.0968 e. The van der Waals surface area contributed by atoms with E-state index in [2.05, 4.69) is 4.99 Å². The van der Waals surface area contributed by atoms with Crippen molar-refractivity contribution in [3.63, 3.8) is 0 Å². The van der Waals surface area contributed by atoms with Crippen LogP contribution >= 0.6 is 0 Å². The van der Waals surface area contributed by atoms with Gasteiger partial charge in [0.05, 0.1) is 12.4 Å². The van der Waals surface area contributed by atoms with Crippen molar-refractivity contribution in [3.05, 3.63) is 0 Å². The normalized spacial score (nSPS) is 31.0. The molecule has 2 rings (SSSR count). The summed E-state index contributed by atoms with van der Waals surface area (Å²) in [6.45, 7) is 2.66. The molecule has 3 heteroatoms. The van der Waals surface area contributed by atoms with Gasteiger partial charge in [-0.1, -0.05) is 0 Å². The maximum Gasteiger partial charge on any atom is 0.0968 e. The molecule has 1 atom stereocenters. The molecule has 2 aliphatic rings. The first-order chi connectivity index (χ1) is 5.86. The Morgan fingerprint density at radius 3 is 2.83 bits per heavy atom. The summed E-state index contributed by atoms with van der Waals surface area (Å²) in [5, 5.41) is 0. The summed E-state index contributed by atoms with van der Waals surface area (Å²) in [7, 11) is 0. The highest BCUT2D eigenvalue weighted by Crippen LogP contribution is 2.29. The lowest BCUT2D eigenvalue weighted by atomic mass is 10.1. The average Bonchev–Trinajstić information content (AvgIpc) is 2.80. The summed E-state index contributed by atoms with van der Waals surface area (Å²) < 4.78 is 5.26. The quantitative estimate of drug-likeness (QED) is 0.500. The molecule has 0 aromatic heterocycles. The molecule has 1 aliphatic heterocycles. The molecule has 1 saturated heterocycles. The highest BCUT2D eigenvalue weighted by Gasteiger charge is 2.25. The summed E-state index contributed by atoms with van der Waals surface area (Å²) in [5.74, 6) is 2.12. The van der Waals surface area contributed by atoms with Gasteiger partial charge in [0, 0.05) is 25.0 Å². The van der Waals surface area contributed by atoms with Gasteiger partial charge in [-0.15, -0.1) is 0 Å². The lowest BCUT2D eigenvalue weighted by Crippen LogP contribution is -2.16. The molecule has 1 aliphatic carbocycles. The van der Waals surface area contributed by atoms with Crippen LogP contribution in [0, 0.1) is 11.8 Å². The Balaban J connectivity index is 1.74. The van der Waals surface area contributed by atoms with E-state index < -0.39 is 0 Å². The second-order valence-electron chi connectivity index (χ2n) is 3.77. The first kappa shape index (κ1) is 8.05. The Hall–Kier alpha value is -0.570. The summed E-state index contributed by atoms with van der Waals surface area (Å²) in [5.41, 5.74) is 5.77. The molecule has 2 fully saturated rings. The molecule has 0 amide bonds. The third-order valence-corrected chi connectivity index (χ3v) is 2.55. The zero-order valence-electron chi connectivity index (χ0n) is 7.33. The molecule has 0 aromatic carbocycles. The molecule has 0 aromatic rings. The number of nitrogens with zero attached hydrogens (tertiary/aromatic N) is 1. The molecular weight excluding hydrogens is 152 g/mol. The number of rotatable bonds is 3. The van der Waals surface area contributed by atoms with Gasteiger partial charge in [-0.05, 0) is 19.3 Å². The van der Waals surface area contributed by atoms with Crippen LogP contribution in [0.4, 0.5) is 0 Å². The third kappa shape index (κ3) is 1.97. The van der Waals surface area contributed by atoms with E-state index in [9.17, 15) is 0 Å². The topological polar surface area (TPSA) is 47.6 Å². The first-order valence-corrected chi connectivity index (χ1v) is 4.74. The number of ether oxygens (including phenoxy) is 1. The molecule has 1 saturated carbocycles. The van der Waals surface area contributed by atoms with E-state index in [4.69, 9.17) is 10.5 Å². The first-order valence-electron chi connectivity index (χ1n) is 4.74. The van der Waals surface area contributed by atoms with Crippen molar-refractivity contribution in [1.82, 2.24) is 0 Å². The van der Waals surface area contributed by atoms with Crippen molar-refractivity contribution in [2.45, 2.75) is 19.3 Å². The second kappa shape index (κ2) is 3.44. The summed E-state index contributed by atoms with van der Waals surface area (Å²) in [4.78, 5) is 4.38. The van der Waals surface area contributed by atoms with Gasteiger partial charge in [-0.2, -0.15) is 0 Å². The van der Waals surface area contributed by atoms with E-state index >= 15 is 0 Å². The van der Waals surface area contributed by atoms with Gasteiger partial charge < -0.3 is 10.5 Å². The number of nitrogens with two attached hydrogens (primary N) is 1. The van der Waals surface area contributed by atoms with Crippen molar-refractivity contribution in [3.8, 4) is 0 Å². The van der Waals surface area contributed by atoms with Gasteiger partial charge in [0.25, 0.3) is 0 Å². The fraction of sp³-hybridized carbons (Fsp3) is 0.889. The van der Waals surface area contributed by atoms with Gasteiger partial charge >= 0.3 is 0 Å². The summed E-state index contributed by atoms with van der Waals surface area (Å²) in [6.07, 6.45) is 3.65. The van der Waals surface area contributed by atoms with E-state index in [1.807, 2.05) is 0 Å². The fourth-order valence-corrected chi connectivity index (χ4v) is 1.47. The van der Waals surface area contributed by atoms with Gasteiger partial charge in [-0.25, -0.2) is 0 Å². The summed E-state index contributed by atoms with van der Waals surface area (Å²) >= 11 is 0. The predicted octanol–water partition coefficient (Wildman–Crippen LogP) is 0.790. The van der Waals surface area contributed by atoms with E-state index in [1.165, 1.54) is 12.8 Å². The van der Waals surface area contributed by atoms with Crippen LogP contribution in [0.3, 0.4) is 0 Å². The Bertz CT molecular complexity index is 181. The number of aliphatic imine (C=N–C) groups is 1. The van der Waals surface area contributed by atoms with Gasteiger partial charge in [0.2, 0.25) is 0 Å². The minimum Gasteiger partial charge on any atom is -0.387 e. The molecule has 1 heterocycles. The Kier molecular flexibility index (Phi) is 2.30.